The molecule has 1 amide bonds. The second-order valence-electron chi connectivity index (χ2n) is 5.01. The number of likely N-dealkylation sites (N-methyl/N-ethyl adjacent to an activating group) is 1. The van der Waals surface area contributed by atoms with Gasteiger partial charge in [0.2, 0.25) is 0 Å². The third-order valence-electron chi connectivity index (χ3n) is 3.56. The van der Waals surface area contributed by atoms with E-state index in [0.29, 0.717) is 34.4 Å². The van der Waals surface area contributed by atoms with Gasteiger partial charge >= 0.3 is 0 Å². The van der Waals surface area contributed by atoms with Gasteiger partial charge < -0.3 is 9.73 Å². The average molecular weight is 343 g/mol. The van der Waals surface area contributed by atoms with Crippen LogP contribution in [0.25, 0.3) is 17.4 Å². The molecule has 0 atom stereocenters. The third-order valence-corrected chi connectivity index (χ3v) is 3.88. The molecule has 0 saturated carbocycles. The summed E-state index contributed by atoms with van der Waals surface area (Å²) in [7, 11) is 0. The maximum atomic E-state index is 12.1. The summed E-state index contributed by atoms with van der Waals surface area (Å²) in [6, 6.07) is 9.59. The molecule has 2 aromatic rings. The van der Waals surface area contributed by atoms with E-state index in [9.17, 15) is 14.9 Å². The molecule has 1 aromatic carbocycles. The van der Waals surface area contributed by atoms with Crippen LogP contribution in [-0.2, 0) is 4.79 Å². The molecule has 7 nitrogen and oxygen atoms in total. The van der Waals surface area contributed by atoms with Gasteiger partial charge in [-0.2, -0.15) is 0 Å². The van der Waals surface area contributed by atoms with Gasteiger partial charge in [0.1, 0.15) is 17.2 Å². The summed E-state index contributed by atoms with van der Waals surface area (Å²) in [6.45, 7) is 2.30. The van der Waals surface area contributed by atoms with E-state index in [1.165, 1.54) is 17.0 Å². The predicted molar refractivity (Wildman–Crippen MR) is 91.9 cm³/mol. The molecule has 1 fully saturated rings. The van der Waals surface area contributed by atoms with E-state index in [1.54, 1.807) is 30.3 Å². The molecule has 2 heterocycles. The van der Waals surface area contributed by atoms with Gasteiger partial charge in [0, 0.05) is 18.7 Å². The van der Waals surface area contributed by atoms with Crippen LogP contribution < -0.4 is 5.32 Å². The second kappa shape index (κ2) is 6.25. The predicted octanol–water partition coefficient (Wildman–Crippen LogP) is 2.93. The summed E-state index contributed by atoms with van der Waals surface area (Å²) in [5.74, 6) is 0.528. The number of nitro groups is 1. The Bertz CT molecular complexity index is 872. The lowest BCUT2D eigenvalue weighted by Gasteiger charge is -2.08. The highest BCUT2D eigenvalue weighted by molar-refractivity contribution is 7.80. The Kier molecular flexibility index (Phi) is 4.13. The summed E-state index contributed by atoms with van der Waals surface area (Å²) in [6.07, 6.45) is 1.53. The van der Waals surface area contributed by atoms with Crippen LogP contribution >= 0.6 is 12.2 Å². The first kappa shape index (κ1) is 15.9. The number of hydrogen-bond donors (Lipinski definition) is 1. The Morgan fingerprint density at radius 3 is 2.75 bits per heavy atom. The van der Waals surface area contributed by atoms with Crippen molar-refractivity contribution in [2.45, 2.75) is 6.92 Å². The zero-order chi connectivity index (χ0) is 17.3. The Morgan fingerprint density at radius 1 is 1.33 bits per heavy atom. The van der Waals surface area contributed by atoms with Crippen molar-refractivity contribution in [3.8, 4) is 11.3 Å². The van der Waals surface area contributed by atoms with E-state index in [4.69, 9.17) is 16.6 Å². The third kappa shape index (κ3) is 2.79. The van der Waals surface area contributed by atoms with Crippen LogP contribution in [0.15, 0.2) is 46.5 Å². The second-order valence-corrected chi connectivity index (χ2v) is 5.40. The molecule has 3 rings (SSSR count). The molecule has 8 heteroatoms. The highest BCUT2D eigenvalue weighted by atomic mass is 32.1. The summed E-state index contributed by atoms with van der Waals surface area (Å²) in [5.41, 5.74) is 0.647. The molecule has 1 N–H and O–H groups in total. The van der Waals surface area contributed by atoms with Gasteiger partial charge in [-0.15, -0.1) is 0 Å². The van der Waals surface area contributed by atoms with Crippen LogP contribution in [0.3, 0.4) is 0 Å². The van der Waals surface area contributed by atoms with Crippen molar-refractivity contribution in [3.63, 3.8) is 0 Å². The van der Waals surface area contributed by atoms with Crippen molar-refractivity contribution in [1.82, 2.24) is 10.2 Å². The van der Waals surface area contributed by atoms with Gasteiger partial charge in [-0.05, 0) is 37.3 Å². The number of carbonyl (C=O) groups is 1. The monoisotopic (exact) mass is 343 g/mol. The van der Waals surface area contributed by atoms with Crippen molar-refractivity contribution in [1.29, 1.82) is 0 Å². The number of nitrogens with one attached hydrogen (secondary N) is 1. The Hall–Kier alpha value is -3.00. The van der Waals surface area contributed by atoms with Crippen LogP contribution in [0.1, 0.15) is 12.7 Å². The number of benzene rings is 1. The Morgan fingerprint density at radius 2 is 2.08 bits per heavy atom. The van der Waals surface area contributed by atoms with Crippen LogP contribution in [0.2, 0.25) is 0 Å². The van der Waals surface area contributed by atoms with Crippen molar-refractivity contribution in [2.24, 2.45) is 0 Å². The molecular weight excluding hydrogens is 330 g/mol. The minimum absolute atomic E-state index is 0.0422. The van der Waals surface area contributed by atoms with Gasteiger partial charge in [-0.1, -0.05) is 12.1 Å². The first-order valence-corrected chi connectivity index (χ1v) is 7.60. The number of rotatable bonds is 4. The number of carbonyl (C=O) groups excluding carboxylic acids is 1. The summed E-state index contributed by atoms with van der Waals surface area (Å²) in [4.78, 5) is 24.2. The lowest BCUT2D eigenvalue weighted by Crippen LogP contribution is -2.30. The van der Waals surface area contributed by atoms with Crippen molar-refractivity contribution >= 4 is 35.0 Å². The van der Waals surface area contributed by atoms with Crippen LogP contribution in [-0.4, -0.2) is 27.4 Å². The highest BCUT2D eigenvalue weighted by Gasteiger charge is 2.29. The number of amides is 1. The van der Waals surface area contributed by atoms with Crippen LogP contribution in [0.5, 0.6) is 0 Å². The quantitative estimate of drug-likeness (QED) is 0.397. The minimum atomic E-state index is -0.463. The standard InChI is InChI=1S/C16H13N3O4S/c1-2-18-15(20)12(17-16(18)24)9-10-7-8-14(23-10)11-5-3-4-6-13(11)19(21)22/h3-9H,2H2,1H3,(H,17,24). The van der Waals surface area contributed by atoms with Crippen molar-refractivity contribution in [2.75, 3.05) is 6.54 Å². The fourth-order valence-corrected chi connectivity index (χ4v) is 2.74. The SMILES string of the molecule is CCN1C(=O)C(=Cc2ccc(-c3ccccc3[N+](=O)[O-])o2)NC1=S. The smallest absolute Gasteiger partial charge is 0.280 e. The maximum Gasteiger partial charge on any atom is 0.280 e. The molecule has 1 saturated heterocycles. The molecular formula is C16H13N3O4S. The zero-order valence-electron chi connectivity index (χ0n) is 12.7. The van der Waals surface area contributed by atoms with Gasteiger partial charge in [0.25, 0.3) is 11.6 Å². The van der Waals surface area contributed by atoms with Gasteiger partial charge in [0.05, 0.1) is 10.5 Å². The first-order valence-electron chi connectivity index (χ1n) is 7.19. The Balaban J connectivity index is 1.93. The summed E-state index contributed by atoms with van der Waals surface area (Å²) >= 11 is 5.09. The number of para-hydroxylation sites is 1. The van der Waals surface area contributed by atoms with Crippen LogP contribution in [0, 0.1) is 10.1 Å². The number of nitro benzene ring substituents is 1. The largest absolute Gasteiger partial charge is 0.456 e. The molecule has 0 radical (unpaired) electrons. The van der Waals surface area contributed by atoms with E-state index < -0.39 is 4.92 Å². The molecule has 1 aliphatic rings. The average Bonchev–Trinajstić information content (AvgIpc) is 3.13. The normalized spacial score (nSPS) is 15.9. The molecule has 0 aliphatic carbocycles. The fourth-order valence-electron chi connectivity index (χ4n) is 2.42. The van der Waals surface area contributed by atoms with E-state index in [0.717, 1.165) is 0 Å². The lowest BCUT2D eigenvalue weighted by molar-refractivity contribution is -0.384. The molecule has 1 aromatic heterocycles. The molecule has 0 spiro atoms. The number of furan rings is 1. The fraction of sp³-hybridized carbons (Fsp3) is 0.125. The molecule has 0 unspecified atom stereocenters. The lowest BCUT2D eigenvalue weighted by atomic mass is 10.1. The van der Waals surface area contributed by atoms with Crippen molar-refractivity contribution < 1.29 is 14.1 Å². The topological polar surface area (TPSA) is 88.6 Å². The molecule has 1 aliphatic heterocycles. The number of nitrogens with zero attached hydrogens (tertiary/aromatic N) is 2. The van der Waals surface area contributed by atoms with Gasteiger partial charge in [-0.3, -0.25) is 19.8 Å². The molecule has 24 heavy (non-hydrogen) atoms. The van der Waals surface area contributed by atoms with E-state index in [-0.39, 0.29) is 11.6 Å². The minimum Gasteiger partial charge on any atom is -0.456 e. The number of hydrogen-bond acceptors (Lipinski definition) is 5. The van der Waals surface area contributed by atoms with Gasteiger partial charge in [0.15, 0.2) is 5.11 Å². The maximum absolute atomic E-state index is 12.1. The number of thiocarbonyl (C=S) groups is 1. The van der Waals surface area contributed by atoms with Crippen LogP contribution in [0.4, 0.5) is 5.69 Å². The molecule has 122 valence electrons. The molecule has 0 bridgehead atoms. The summed E-state index contributed by atoms with van der Waals surface area (Å²) in [5, 5.41) is 14.3. The van der Waals surface area contributed by atoms with Crippen molar-refractivity contribution in [3.05, 3.63) is 58.0 Å². The van der Waals surface area contributed by atoms with E-state index >= 15 is 0 Å². The van der Waals surface area contributed by atoms with E-state index in [2.05, 4.69) is 5.32 Å². The summed E-state index contributed by atoms with van der Waals surface area (Å²) < 4.78 is 5.64. The zero-order valence-corrected chi connectivity index (χ0v) is 13.5. The van der Waals surface area contributed by atoms with Gasteiger partial charge in [-0.25, -0.2) is 0 Å². The Labute approximate surface area is 142 Å². The first-order chi connectivity index (χ1) is 11.5. The van der Waals surface area contributed by atoms with E-state index in [1.807, 2.05) is 6.92 Å². The highest BCUT2D eigenvalue weighted by Crippen LogP contribution is 2.31.